The second-order valence-electron chi connectivity index (χ2n) is 2.55. The Balaban J connectivity index is 2.96. The minimum atomic E-state index is -2.87. The van der Waals surface area contributed by atoms with Gasteiger partial charge in [0.05, 0.1) is 5.69 Å². The van der Waals surface area contributed by atoms with Crippen LogP contribution < -0.4 is 0 Å². The van der Waals surface area contributed by atoms with Crippen LogP contribution >= 0.6 is 23.2 Å². The van der Waals surface area contributed by atoms with Crippen LogP contribution in [0.4, 0.5) is 0 Å². The first kappa shape index (κ1) is 10.8. The molecule has 0 saturated heterocycles. The van der Waals surface area contributed by atoms with E-state index in [9.17, 15) is 4.21 Å². The molecule has 4 nitrogen and oxygen atoms in total. The van der Waals surface area contributed by atoms with Crippen LogP contribution in [0.1, 0.15) is 5.69 Å². The van der Waals surface area contributed by atoms with Crippen LogP contribution in [0, 0.1) is 0 Å². The van der Waals surface area contributed by atoms with Gasteiger partial charge in [0.25, 0.3) is 0 Å². The molecule has 0 saturated carbocycles. The highest BCUT2D eigenvalue weighted by Crippen LogP contribution is 2.13. The fourth-order valence-electron chi connectivity index (χ4n) is 0.782. The molecule has 0 radical (unpaired) electrons. The van der Waals surface area contributed by atoms with Gasteiger partial charge in [-0.3, -0.25) is 0 Å². The molecule has 72 valence electrons. The lowest BCUT2D eigenvalue weighted by atomic mass is 10.5. The summed E-state index contributed by atoms with van der Waals surface area (Å²) in [5, 5.41) is 0.143. The van der Waals surface area contributed by atoms with E-state index in [1.165, 1.54) is 12.3 Å². The van der Waals surface area contributed by atoms with E-state index < -0.39 is 10.2 Å². The maximum Gasteiger partial charge on any atom is 0.224 e. The van der Waals surface area contributed by atoms with Gasteiger partial charge in [-0.15, -0.1) is 0 Å². The highest BCUT2D eigenvalue weighted by Gasteiger charge is 2.19. The van der Waals surface area contributed by atoms with E-state index in [0.717, 1.165) is 0 Å². The average Bonchev–Trinajstić information content (AvgIpc) is 1.78. The molecule has 0 aliphatic rings. The smallest absolute Gasteiger partial charge is 0.218 e. The van der Waals surface area contributed by atoms with Gasteiger partial charge in [0.2, 0.25) is 15.5 Å². The lowest BCUT2D eigenvalue weighted by Crippen LogP contribution is -2.10. The summed E-state index contributed by atoms with van der Waals surface area (Å²) in [6, 6.07) is 1.41. The van der Waals surface area contributed by atoms with Gasteiger partial charge >= 0.3 is 0 Å². The zero-order valence-electron chi connectivity index (χ0n) is 6.70. The fourth-order valence-corrected chi connectivity index (χ4v) is 1.93. The molecule has 1 rings (SSSR count). The third kappa shape index (κ3) is 3.99. The third-order valence-electron chi connectivity index (χ3n) is 1.14. The molecule has 0 fully saturated rings. The summed E-state index contributed by atoms with van der Waals surface area (Å²) in [7, 11) is -2.87. The van der Waals surface area contributed by atoms with E-state index in [-0.39, 0.29) is 16.2 Å². The summed E-state index contributed by atoms with van der Waals surface area (Å²) in [4.78, 5) is 7.36. The molecule has 1 aromatic rings. The summed E-state index contributed by atoms with van der Waals surface area (Å²) < 4.78 is 20.0. The van der Waals surface area contributed by atoms with Crippen molar-refractivity contribution in [2.24, 2.45) is 0 Å². The van der Waals surface area contributed by atoms with E-state index in [2.05, 4.69) is 9.97 Å². The topological polar surface area (TPSA) is 63.1 Å². The first-order valence-electron chi connectivity index (χ1n) is 3.25. The average molecular weight is 242 g/mol. The first-order chi connectivity index (χ1) is 5.87. The van der Waals surface area contributed by atoms with Crippen molar-refractivity contribution in [2.45, 2.75) is 5.75 Å². The molecule has 0 amide bonds. The predicted molar refractivity (Wildman–Crippen MR) is 52.4 cm³/mol. The van der Waals surface area contributed by atoms with E-state index in [1.54, 1.807) is 0 Å². The van der Waals surface area contributed by atoms with Crippen molar-refractivity contribution in [3.63, 3.8) is 0 Å². The lowest BCUT2D eigenvalue weighted by molar-refractivity contribution is 0.502. The van der Waals surface area contributed by atoms with Crippen LogP contribution in [-0.4, -0.2) is 20.8 Å². The minimum Gasteiger partial charge on any atom is -0.218 e. The SMILES string of the molecule is C[S+](=O)(O)Cc1cc(Cl)nc(Cl)n1. The van der Waals surface area contributed by atoms with Gasteiger partial charge in [-0.1, -0.05) is 15.8 Å². The molecule has 0 aromatic carbocycles. The highest BCUT2D eigenvalue weighted by molar-refractivity contribution is 7.96. The molecule has 1 aromatic heterocycles. The Morgan fingerprint density at radius 2 is 2.15 bits per heavy atom. The molecule has 0 bridgehead atoms. The lowest BCUT2D eigenvalue weighted by Gasteiger charge is -1.99. The Morgan fingerprint density at radius 1 is 1.54 bits per heavy atom. The van der Waals surface area contributed by atoms with Crippen LogP contribution in [0.2, 0.25) is 10.4 Å². The van der Waals surface area contributed by atoms with Crippen LogP contribution in [0.3, 0.4) is 0 Å². The van der Waals surface area contributed by atoms with Crippen molar-refractivity contribution in [3.05, 3.63) is 22.2 Å². The molecule has 0 aliphatic carbocycles. The summed E-state index contributed by atoms with van der Waals surface area (Å²) >= 11 is 11.1. The van der Waals surface area contributed by atoms with Crippen molar-refractivity contribution in [2.75, 3.05) is 6.26 Å². The molecule has 1 heterocycles. The number of nitrogens with zero attached hydrogens (tertiary/aromatic N) is 2. The maximum atomic E-state index is 11.0. The zero-order valence-corrected chi connectivity index (χ0v) is 9.03. The van der Waals surface area contributed by atoms with Crippen LogP contribution in [0.25, 0.3) is 0 Å². The van der Waals surface area contributed by atoms with Crippen molar-refractivity contribution >= 4 is 33.4 Å². The molecule has 7 heteroatoms. The summed E-state index contributed by atoms with van der Waals surface area (Å²) in [6.07, 6.45) is 1.22. The van der Waals surface area contributed by atoms with Gasteiger partial charge in [0.1, 0.15) is 11.4 Å². The quantitative estimate of drug-likeness (QED) is 0.488. The van der Waals surface area contributed by atoms with E-state index in [1.807, 2.05) is 0 Å². The first-order valence-corrected chi connectivity index (χ1v) is 6.10. The van der Waals surface area contributed by atoms with E-state index in [4.69, 9.17) is 27.8 Å². The van der Waals surface area contributed by atoms with Crippen molar-refractivity contribution in [1.29, 1.82) is 0 Å². The summed E-state index contributed by atoms with van der Waals surface area (Å²) in [5.74, 6) is -0.0744. The van der Waals surface area contributed by atoms with Gasteiger partial charge in [0, 0.05) is 6.07 Å². The number of hydrogen-bond acceptors (Lipinski definition) is 3. The zero-order chi connectivity index (χ0) is 10.1. The van der Waals surface area contributed by atoms with Crippen molar-refractivity contribution < 1.29 is 8.76 Å². The number of aromatic nitrogens is 2. The molecule has 1 atom stereocenters. The van der Waals surface area contributed by atoms with Crippen LogP contribution in [0.5, 0.6) is 0 Å². The van der Waals surface area contributed by atoms with Gasteiger partial charge < -0.3 is 0 Å². The molecular weight excluding hydrogens is 235 g/mol. The monoisotopic (exact) mass is 241 g/mol. The normalized spacial score (nSPS) is 15.4. The maximum absolute atomic E-state index is 11.0. The fraction of sp³-hybridized carbons (Fsp3) is 0.333. The van der Waals surface area contributed by atoms with Gasteiger partial charge in [-0.05, 0) is 11.6 Å². The van der Waals surface area contributed by atoms with Crippen molar-refractivity contribution in [3.8, 4) is 0 Å². The van der Waals surface area contributed by atoms with E-state index >= 15 is 0 Å². The Hall–Kier alpha value is -0.230. The molecule has 1 N–H and O–H groups in total. The van der Waals surface area contributed by atoms with Gasteiger partial charge in [-0.25, -0.2) is 9.97 Å². The molecular formula is C6H7Cl2N2O2S+. The molecule has 0 spiro atoms. The molecule has 1 unspecified atom stereocenters. The Labute approximate surface area is 86.6 Å². The summed E-state index contributed by atoms with van der Waals surface area (Å²) in [5.41, 5.74) is 0.361. The second-order valence-corrected chi connectivity index (χ2v) is 5.49. The number of halogens is 2. The highest BCUT2D eigenvalue weighted by atomic mass is 35.5. The molecule has 0 aliphatic heterocycles. The summed E-state index contributed by atoms with van der Waals surface area (Å²) in [6.45, 7) is 0. The standard InChI is InChI=1S/C6H6Cl2N2O2S/c1-13(11,12)3-4-2-5(7)10-6(8)9-4/h2H,3H2,1H3/p+1. The largest absolute Gasteiger partial charge is 0.224 e. The Bertz CT molecular complexity index is 345. The van der Waals surface area contributed by atoms with Crippen molar-refractivity contribution in [1.82, 2.24) is 9.97 Å². The Kier molecular flexibility index (Phi) is 3.23. The number of rotatable bonds is 2. The van der Waals surface area contributed by atoms with Crippen LogP contribution in [-0.2, 0) is 20.2 Å². The minimum absolute atomic E-state index is 0.0221. The third-order valence-corrected chi connectivity index (χ3v) is 2.33. The Morgan fingerprint density at radius 3 is 2.62 bits per heavy atom. The van der Waals surface area contributed by atoms with Gasteiger partial charge in [0.15, 0.2) is 5.75 Å². The van der Waals surface area contributed by atoms with Crippen LogP contribution in [0.15, 0.2) is 6.07 Å². The predicted octanol–water partition coefficient (Wildman–Crippen LogP) is 1.89. The van der Waals surface area contributed by atoms with E-state index in [0.29, 0.717) is 5.69 Å². The molecule has 13 heavy (non-hydrogen) atoms. The second kappa shape index (κ2) is 3.88. The van der Waals surface area contributed by atoms with Gasteiger partial charge in [-0.2, -0.15) is 4.55 Å². The number of hydrogen-bond donors (Lipinski definition) is 1.